The normalized spacial score (nSPS) is 12.9. The van der Waals surface area contributed by atoms with E-state index in [1.165, 1.54) is 0 Å². The van der Waals surface area contributed by atoms with E-state index < -0.39 is 10.0 Å². The average molecular weight is 416 g/mol. The second-order valence-corrected chi connectivity index (χ2v) is 7.63. The van der Waals surface area contributed by atoms with E-state index >= 15 is 0 Å². The van der Waals surface area contributed by atoms with Gasteiger partial charge in [0.25, 0.3) is 10.0 Å². The minimum atomic E-state index is -3.58. The van der Waals surface area contributed by atoms with Gasteiger partial charge >= 0.3 is 0 Å². The summed E-state index contributed by atoms with van der Waals surface area (Å²) in [5.74, 6) is 0. The lowest BCUT2D eigenvalue weighted by atomic mass is 10.1. The number of halogens is 1. The summed E-state index contributed by atoms with van der Waals surface area (Å²) in [6.07, 6.45) is 0. The summed E-state index contributed by atoms with van der Waals surface area (Å²) in [5.41, 5.74) is 1.50. The quantitative estimate of drug-likeness (QED) is 0.735. The van der Waals surface area contributed by atoms with Crippen LogP contribution in [0.4, 0.5) is 5.69 Å². The highest BCUT2D eigenvalue weighted by Gasteiger charge is 2.15. The molecule has 6 heteroatoms. The van der Waals surface area contributed by atoms with Crippen LogP contribution in [0.3, 0.4) is 0 Å². The molecule has 0 amide bonds. The van der Waals surface area contributed by atoms with Crippen molar-refractivity contribution in [3.8, 4) is 0 Å². The summed E-state index contributed by atoms with van der Waals surface area (Å²) in [5, 5.41) is 3.10. The van der Waals surface area contributed by atoms with E-state index in [1.807, 2.05) is 32.2 Å². The van der Waals surface area contributed by atoms with Crippen molar-refractivity contribution in [3.63, 3.8) is 0 Å². The maximum absolute atomic E-state index is 12.4. The highest BCUT2D eigenvalue weighted by Crippen LogP contribution is 2.21. The molecule has 21 heavy (non-hydrogen) atoms. The van der Waals surface area contributed by atoms with Crippen molar-refractivity contribution < 1.29 is 8.42 Å². The highest BCUT2D eigenvalue weighted by atomic mass is 127. The van der Waals surface area contributed by atoms with Gasteiger partial charge in [0, 0.05) is 15.3 Å². The predicted molar refractivity (Wildman–Crippen MR) is 93.9 cm³/mol. The Morgan fingerprint density at radius 1 is 1.10 bits per heavy atom. The first-order chi connectivity index (χ1) is 9.92. The fourth-order valence-electron chi connectivity index (χ4n) is 1.88. The number of benzene rings is 2. The van der Waals surface area contributed by atoms with Crippen molar-refractivity contribution >= 4 is 38.3 Å². The molecule has 0 radical (unpaired) electrons. The van der Waals surface area contributed by atoms with Crippen LogP contribution in [-0.4, -0.2) is 15.5 Å². The first-order valence-electron chi connectivity index (χ1n) is 6.48. The number of hydrogen-bond donors (Lipinski definition) is 2. The van der Waals surface area contributed by atoms with Gasteiger partial charge in [-0.3, -0.25) is 4.72 Å². The fraction of sp³-hybridized carbons (Fsp3) is 0.200. The Labute approximate surface area is 139 Å². The summed E-state index contributed by atoms with van der Waals surface area (Å²) in [7, 11) is -1.73. The van der Waals surface area contributed by atoms with Crippen LogP contribution in [0.15, 0.2) is 53.4 Å². The number of hydrogen-bond acceptors (Lipinski definition) is 3. The summed E-state index contributed by atoms with van der Waals surface area (Å²) in [4.78, 5) is 0.265. The van der Waals surface area contributed by atoms with E-state index in [4.69, 9.17) is 0 Å². The predicted octanol–water partition coefficient (Wildman–Crippen LogP) is 3.37. The van der Waals surface area contributed by atoms with E-state index in [1.54, 1.807) is 30.3 Å². The van der Waals surface area contributed by atoms with Crippen LogP contribution >= 0.6 is 22.6 Å². The Kier molecular flexibility index (Phi) is 5.23. The van der Waals surface area contributed by atoms with E-state index in [9.17, 15) is 8.42 Å². The molecule has 0 bridgehead atoms. The smallest absolute Gasteiger partial charge is 0.261 e. The molecule has 2 aromatic rings. The first kappa shape index (κ1) is 16.3. The monoisotopic (exact) mass is 416 g/mol. The number of rotatable bonds is 5. The zero-order valence-corrected chi connectivity index (χ0v) is 14.8. The molecule has 0 saturated carbocycles. The number of anilines is 1. The highest BCUT2D eigenvalue weighted by molar-refractivity contribution is 14.1. The van der Waals surface area contributed by atoms with Gasteiger partial charge in [-0.25, -0.2) is 8.42 Å². The van der Waals surface area contributed by atoms with Crippen LogP contribution in [0.1, 0.15) is 18.5 Å². The van der Waals surface area contributed by atoms with Crippen LogP contribution < -0.4 is 10.0 Å². The SMILES string of the molecule is CNC(C)c1cccc(S(=O)(=O)Nc2cccc(I)c2)c1. The molecule has 112 valence electrons. The molecule has 0 saturated heterocycles. The minimum absolute atomic E-state index is 0.0952. The lowest BCUT2D eigenvalue weighted by Crippen LogP contribution is -2.15. The largest absolute Gasteiger partial charge is 0.313 e. The zero-order chi connectivity index (χ0) is 15.5. The van der Waals surface area contributed by atoms with Gasteiger partial charge in [0.15, 0.2) is 0 Å². The van der Waals surface area contributed by atoms with Crippen molar-refractivity contribution in [2.24, 2.45) is 0 Å². The molecule has 0 spiro atoms. The van der Waals surface area contributed by atoms with Crippen LogP contribution in [0.2, 0.25) is 0 Å². The van der Waals surface area contributed by atoms with Crippen LogP contribution in [0, 0.1) is 3.57 Å². The average Bonchev–Trinajstić information content (AvgIpc) is 2.46. The van der Waals surface area contributed by atoms with Gasteiger partial charge in [-0.15, -0.1) is 0 Å². The molecule has 0 aliphatic rings. The third kappa shape index (κ3) is 4.18. The van der Waals surface area contributed by atoms with Crippen molar-refractivity contribution in [1.82, 2.24) is 5.32 Å². The third-order valence-electron chi connectivity index (χ3n) is 3.18. The Balaban J connectivity index is 2.31. The maximum atomic E-state index is 12.4. The van der Waals surface area contributed by atoms with E-state index in [-0.39, 0.29) is 10.9 Å². The number of nitrogens with one attached hydrogen (secondary N) is 2. The minimum Gasteiger partial charge on any atom is -0.313 e. The molecule has 1 atom stereocenters. The molecule has 2 rings (SSSR count). The first-order valence-corrected chi connectivity index (χ1v) is 9.04. The zero-order valence-electron chi connectivity index (χ0n) is 11.8. The second-order valence-electron chi connectivity index (χ2n) is 4.70. The van der Waals surface area contributed by atoms with Crippen molar-refractivity contribution in [2.75, 3.05) is 11.8 Å². The molecule has 0 fully saturated rings. The lowest BCUT2D eigenvalue weighted by molar-refractivity contribution is 0.600. The van der Waals surface area contributed by atoms with Gasteiger partial charge in [0.1, 0.15) is 0 Å². The van der Waals surface area contributed by atoms with Crippen molar-refractivity contribution in [3.05, 3.63) is 57.7 Å². The molecular formula is C15H17IN2O2S. The van der Waals surface area contributed by atoms with Crippen LogP contribution in [0.5, 0.6) is 0 Å². The summed E-state index contributed by atoms with van der Waals surface area (Å²) in [6, 6.07) is 14.3. The standard InChI is InChI=1S/C15H17IN2O2S/c1-11(17-2)12-5-3-8-15(9-12)21(19,20)18-14-7-4-6-13(16)10-14/h3-11,17-18H,1-2H3. The Morgan fingerprint density at radius 3 is 2.48 bits per heavy atom. The van der Waals surface area contributed by atoms with Crippen molar-refractivity contribution in [1.29, 1.82) is 0 Å². The van der Waals surface area contributed by atoms with E-state index in [0.717, 1.165) is 9.13 Å². The van der Waals surface area contributed by atoms with Crippen molar-refractivity contribution in [2.45, 2.75) is 17.9 Å². The van der Waals surface area contributed by atoms with Gasteiger partial charge in [-0.1, -0.05) is 18.2 Å². The van der Waals surface area contributed by atoms with Gasteiger partial charge in [-0.05, 0) is 72.5 Å². The van der Waals surface area contributed by atoms with Gasteiger partial charge in [-0.2, -0.15) is 0 Å². The van der Waals surface area contributed by atoms with Crippen LogP contribution in [-0.2, 0) is 10.0 Å². The molecule has 4 nitrogen and oxygen atoms in total. The molecular weight excluding hydrogens is 399 g/mol. The molecule has 0 aliphatic heterocycles. The van der Waals surface area contributed by atoms with Gasteiger partial charge < -0.3 is 5.32 Å². The van der Waals surface area contributed by atoms with Gasteiger partial charge in [0.2, 0.25) is 0 Å². The topological polar surface area (TPSA) is 58.2 Å². The van der Waals surface area contributed by atoms with Crippen LogP contribution in [0.25, 0.3) is 0 Å². The molecule has 2 N–H and O–H groups in total. The lowest BCUT2D eigenvalue weighted by Gasteiger charge is -2.13. The molecule has 0 aromatic heterocycles. The van der Waals surface area contributed by atoms with E-state index in [2.05, 4.69) is 32.6 Å². The Morgan fingerprint density at radius 2 is 1.81 bits per heavy atom. The Hall–Kier alpha value is -1.12. The van der Waals surface area contributed by atoms with Gasteiger partial charge in [0.05, 0.1) is 4.90 Å². The molecule has 0 aliphatic carbocycles. The maximum Gasteiger partial charge on any atom is 0.261 e. The number of sulfonamides is 1. The Bertz CT molecular complexity index is 732. The second kappa shape index (κ2) is 6.76. The fourth-order valence-corrected chi connectivity index (χ4v) is 3.53. The van der Waals surface area contributed by atoms with E-state index in [0.29, 0.717) is 5.69 Å². The summed E-state index contributed by atoms with van der Waals surface area (Å²) in [6.45, 7) is 1.98. The summed E-state index contributed by atoms with van der Waals surface area (Å²) >= 11 is 2.15. The molecule has 0 heterocycles. The third-order valence-corrected chi connectivity index (χ3v) is 5.23. The molecule has 1 unspecified atom stereocenters. The summed E-state index contributed by atoms with van der Waals surface area (Å²) < 4.78 is 28.5. The molecule has 2 aromatic carbocycles.